The predicted molar refractivity (Wildman–Crippen MR) is 45.4 cm³/mol. The zero-order chi connectivity index (χ0) is 8.97. The maximum absolute atomic E-state index is 11.2. The molecule has 4 nitrogen and oxygen atoms in total. The van der Waals surface area contributed by atoms with Crippen LogP contribution in [0.4, 0.5) is 0 Å². The molecule has 12 heavy (non-hydrogen) atoms. The summed E-state index contributed by atoms with van der Waals surface area (Å²) >= 11 is 0. The van der Waals surface area contributed by atoms with Crippen LogP contribution in [0.3, 0.4) is 0 Å². The number of hydrogen-bond acceptors (Lipinski definition) is 3. The molecule has 0 aliphatic carbocycles. The normalized spacial score (nSPS) is 9.83. The van der Waals surface area contributed by atoms with Gasteiger partial charge in [-0.3, -0.25) is 9.78 Å². The minimum Gasteiger partial charge on any atom is -0.465 e. The van der Waals surface area contributed by atoms with Crippen LogP contribution in [0.25, 0.3) is 0 Å². The predicted octanol–water partition coefficient (Wildman–Crippen LogP) is 0.731. The summed E-state index contributed by atoms with van der Waals surface area (Å²) in [5.74, 6) is 0. The van der Waals surface area contributed by atoms with Gasteiger partial charge in [-0.05, 0) is 13.3 Å². The average Bonchev–Trinajstić information content (AvgIpc) is 2.05. The fourth-order valence-corrected chi connectivity index (χ4v) is 0.867. The lowest BCUT2D eigenvalue weighted by Crippen LogP contribution is -2.14. The van der Waals surface area contributed by atoms with Gasteiger partial charge in [-0.25, -0.2) is 4.98 Å². The number of nitrogens with zero attached hydrogens (tertiary/aromatic N) is 1. The summed E-state index contributed by atoms with van der Waals surface area (Å²) in [7, 11) is 0. The molecule has 0 fully saturated rings. The number of nitrogens with one attached hydrogen (secondary N) is 1. The third-order valence-corrected chi connectivity index (χ3v) is 1.51. The van der Waals surface area contributed by atoms with Crippen molar-refractivity contribution in [3.63, 3.8) is 0 Å². The van der Waals surface area contributed by atoms with Crippen molar-refractivity contribution in [2.75, 3.05) is 6.61 Å². The first-order valence-electron chi connectivity index (χ1n) is 3.99. The highest BCUT2D eigenvalue weighted by molar-refractivity contribution is 5.07. The molecular formula is C8H12N2O2. The second kappa shape index (κ2) is 3.90. The Hall–Kier alpha value is -1.32. The molecule has 0 spiro atoms. The zero-order valence-electron chi connectivity index (χ0n) is 7.26. The van der Waals surface area contributed by atoms with Gasteiger partial charge in [0, 0.05) is 11.8 Å². The number of hydrogen-bond donors (Lipinski definition) is 1. The van der Waals surface area contributed by atoms with E-state index in [1.807, 2.05) is 13.8 Å². The van der Waals surface area contributed by atoms with E-state index < -0.39 is 0 Å². The lowest BCUT2D eigenvalue weighted by atomic mass is 10.3. The van der Waals surface area contributed by atoms with Gasteiger partial charge >= 0.3 is 0 Å². The van der Waals surface area contributed by atoms with Crippen molar-refractivity contribution >= 4 is 0 Å². The van der Waals surface area contributed by atoms with Gasteiger partial charge in [0.2, 0.25) is 0 Å². The molecule has 0 saturated heterocycles. The van der Waals surface area contributed by atoms with Crippen molar-refractivity contribution < 1.29 is 4.74 Å². The lowest BCUT2D eigenvalue weighted by Gasteiger charge is -2.00. The largest absolute Gasteiger partial charge is 0.465 e. The van der Waals surface area contributed by atoms with Crippen molar-refractivity contribution in [2.45, 2.75) is 20.3 Å². The molecule has 0 bridgehead atoms. The molecule has 1 N–H and O–H groups in total. The number of rotatable bonds is 3. The third-order valence-electron chi connectivity index (χ3n) is 1.51. The molecule has 0 aromatic carbocycles. The van der Waals surface area contributed by atoms with Crippen LogP contribution in [0.1, 0.15) is 19.4 Å². The van der Waals surface area contributed by atoms with E-state index in [4.69, 9.17) is 4.74 Å². The van der Waals surface area contributed by atoms with Crippen molar-refractivity contribution in [1.29, 1.82) is 0 Å². The number of aryl methyl sites for hydroxylation is 1. The average molecular weight is 168 g/mol. The fraction of sp³-hybridized carbons (Fsp3) is 0.500. The Kier molecular flexibility index (Phi) is 2.85. The quantitative estimate of drug-likeness (QED) is 0.723. The summed E-state index contributed by atoms with van der Waals surface area (Å²) in [5, 5.41) is 0. The molecule has 1 heterocycles. The first kappa shape index (κ1) is 8.77. The van der Waals surface area contributed by atoms with E-state index in [0.717, 1.165) is 0 Å². The van der Waals surface area contributed by atoms with E-state index in [9.17, 15) is 4.79 Å². The van der Waals surface area contributed by atoms with Gasteiger partial charge in [0.1, 0.15) is 0 Å². The highest BCUT2D eigenvalue weighted by Gasteiger charge is 1.99. The molecule has 4 heteroatoms. The highest BCUT2D eigenvalue weighted by Crippen LogP contribution is 1.97. The molecule has 1 aromatic rings. The topological polar surface area (TPSA) is 55.0 Å². The Bertz CT molecular complexity index is 306. The van der Waals surface area contributed by atoms with Gasteiger partial charge in [0.05, 0.1) is 6.61 Å². The Morgan fingerprint density at radius 2 is 2.33 bits per heavy atom. The third kappa shape index (κ3) is 1.84. The molecule has 66 valence electrons. The molecule has 0 aliphatic rings. The molecule has 0 radical (unpaired) electrons. The number of H-pyrrole nitrogens is 1. The number of ether oxygens (including phenoxy) is 1. The Morgan fingerprint density at radius 3 is 2.83 bits per heavy atom. The minimum atomic E-state index is -0.115. The summed E-state index contributed by atoms with van der Waals surface area (Å²) in [5.41, 5.74) is 0.564. The van der Waals surface area contributed by atoms with Crippen molar-refractivity contribution in [1.82, 2.24) is 9.97 Å². The second-order valence-electron chi connectivity index (χ2n) is 2.33. The molecule has 0 amide bonds. The van der Waals surface area contributed by atoms with Crippen LogP contribution in [-0.4, -0.2) is 16.6 Å². The SMILES string of the molecule is CCOc1ncc(CC)c(=O)[nH]1. The van der Waals surface area contributed by atoms with E-state index in [0.29, 0.717) is 24.6 Å². The summed E-state index contributed by atoms with van der Waals surface area (Å²) in [4.78, 5) is 17.6. The van der Waals surface area contributed by atoms with Crippen molar-refractivity contribution in [3.05, 3.63) is 22.1 Å². The van der Waals surface area contributed by atoms with Gasteiger partial charge in [-0.15, -0.1) is 0 Å². The molecule has 1 aromatic heterocycles. The van der Waals surface area contributed by atoms with Crippen LogP contribution in [0.5, 0.6) is 6.01 Å². The Labute approximate surface area is 70.6 Å². The van der Waals surface area contributed by atoms with Crippen molar-refractivity contribution in [2.24, 2.45) is 0 Å². The molecule has 0 aliphatic heterocycles. The van der Waals surface area contributed by atoms with Crippen LogP contribution in [0, 0.1) is 0 Å². The lowest BCUT2D eigenvalue weighted by molar-refractivity contribution is 0.311. The standard InChI is InChI=1S/C8H12N2O2/c1-3-6-5-9-8(12-4-2)10-7(6)11/h5H,3-4H2,1-2H3,(H,9,10,11). The fourth-order valence-electron chi connectivity index (χ4n) is 0.867. The van der Waals surface area contributed by atoms with E-state index in [1.165, 1.54) is 0 Å². The van der Waals surface area contributed by atoms with E-state index in [2.05, 4.69) is 9.97 Å². The summed E-state index contributed by atoms with van der Waals surface area (Å²) < 4.78 is 5.02. The van der Waals surface area contributed by atoms with Crippen LogP contribution < -0.4 is 10.3 Å². The first-order chi connectivity index (χ1) is 5.77. The van der Waals surface area contributed by atoms with Crippen LogP contribution in [-0.2, 0) is 6.42 Å². The number of aromatic nitrogens is 2. The molecule has 0 atom stereocenters. The summed E-state index contributed by atoms with van der Waals surface area (Å²) in [6.45, 7) is 4.26. The summed E-state index contributed by atoms with van der Waals surface area (Å²) in [6.07, 6.45) is 2.23. The molecule has 1 rings (SSSR count). The Morgan fingerprint density at radius 1 is 1.58 bits per heavy atom. The monoisotopic (exact) mass is 168 g/mol. The van der Waals surface area contributed by atoms with E-state index >= 15 is 0 Å². The maximum atomic E-state index is 11.2. The first-order valence-corrected chi connectivity index (χ1v) is 3.99. The van der Waals surface area contributed by atoms with Gasteiger partial charge in [-0.2, -0.15) is 0 Å². The zero-order valence-corrected chi connectivity index (χ0v) is 7.26. The smallest absolute Gasteiger partial charge is 0.296 e. The second-order valence-corrected chi connectivity index (χ2v) is 2.33. The van der Waals surface area contributed by atoms with Gasteiger partial charge in [-0.1, -0.05) is 6.92 Å². The van der Waals surface area contributed by atoms with Crippen LogP contribution in [0.15, 0.2) is 11.0 Å². The molecular weight excluding hydrogens is 156 g/mol. The van der Waals surface area contributed by atoms with Gasteiger partial charge < -0.3 is 4.74 Å². The minimum absolute atomic E-state index is 0.115. The van der Waals surface area contributed by atoms with E-state index in [-0.39, 0.29) is 5.56 Å². The van der Waals surface area contributed by atoms with Gasteiger partial charge in [0.15, 0.2) is 0 Å². The molecule has 0 unspecified atom stereocenters. The molecule has 0 saturated carbocycles. The Balaban J connectivity index is 2.94. The highest BCUT2D eigenvalue weighted by atomic mass is 16.5. The number of aromatic amines is 1. The van der Waals surface area contributed by atoms with Crippen molar-refractivity contribution in [3.8, 4) is 6.01 Å². The van der Waals surface area contributed by atoms with Crippen LogP contribution >= 0.6 is 0 Å². The van der Waals surface area contributed by atoms with E-state index in [1.54, 1.807) is 6.20 Å². The van der Waals surface area contributed by atoms with Gasteiger partial charge in [0.25, 0.3) is 11.6 Å². The van der Waals surface area contributed by atoms with Crippen LogP contribution in [0.2, 0.25) is 0 Å². The summed E-state index contributed by atoms with van der Waals surface area (Å²) in [6, 6.07) is 0.291. The maximum Gasteiger partial charge on any atom is 0.296 e.